The number of hydrogen-bond donors (Lipinski definition) is 0. The minimum absolute atomic E-state index is 0. The minimum atomic E-state index is -0.498. The third-order valence-corrected chi connectivity index (χ3v) is 3.89. The number of aromatic nitrogens is 2. The van der Waals surface area contributed by atoms with E-state index in [2.05, 4.69) is 4.98 Å². The number of ketones is 1. The molecule has 3 rings (SSSR count). The Hall–Kier alpha value is -2.64. The van der Waals surface area contributed by atoms with Crippen molar-refractivity contribution in [3.8, 4) is 11.3 Å². The molecule has 0 saturated heterocycles. The van der Waals surface area contributed by atoms with Gasteiger partial charge in [0.05, 0.1) is 11.1 Å². The predicted molar refractivity (Wildman–Crippen MR) is 103 cm³/mol. The lowest BCUT2D eigenvalue weighted by Gasteiger charge is -2.01. The number of non-ortho nitro benzene ring substituents is 1. The molecule has 0 aliphatic rings. The van der Waals surface area contributed by atoms with Crippen LogP contribution in [-0.2, 0) is 6.54 Å². The molecule has 1 aromatic heterocycles. The van der Waals surface area contributed by atoms with E-state index in [-0.39, 0.29) is 35.0 Å². The molecule has 3 aromatic rings. The van der Waals surface area contributed by atoms with Crippen molar-refractivity contribution in [2.45, 2.75) is 6.54 Å². The lowest BCUT2D eigenvalue weighted by Crippen LogP contribution is -2.37. The van der Waals surface area contributed by atoms with Gasteiger partial charge in [0.1, 0.15) is 0 Å². The zero-order valence-corrected chi connectivity index (χ0v) is 15.9. The number of halogens is 2. The van der Waals surface area contributed by atoms with Crippen LogP contribution in [0.2, 0.25) is 5.02 Å². The largest absolute Gasteiger partial charge is 0.290 e. The molecule has 8 heteroatoms. The van der Waals surface area contributed by atoms with E-state index < -0.39 is 4.92 Å². The molecule has 132 valence electrons. The molecule has 0 spiro atoms. The highest BCUT2D eigenvalue weighted by Gasteiger charge is 2.13. The maximum absolute atomic E-state index is 12.3. The fourth-order valence-electron chi connectivity index (χ4n) is 2.30. The molecular weight excluding hydrogens is 422 g/mol. The summed E-state index contributed by atoms with van der Waals surface area (Å²) in [5.41, 5.74) is 2.08. The molecule has 0 fully saturated rings. The van der Waals surface area contributed by atoms with E-state index in [1.807, 2.05) is 18.2 Å². The molecule has 0 atom stereocenters. The van der Waals surface area contributed by atoms with E-state index in [0.717, 1.165) is 11.3 Å². The maximum atomic E-state index is 12.3. The third kappa shape index (κ3) is 4.71. The highest BCUT2D eigenvalue weighted by molar-refractivity contribution is 8.93. The summed E-state index contributed by atoms with van der Waals surface area (Å²) < 4.78 is 1.66. The summed E-state index contributed by atoms with van der Waals surface area (Å²) in [7, 11) is 0. The van der Waals surface area contributed by atoms with Gasteiger partial charge in [0, 0.05) is 34.3 Å². The van der Waals surface area contributed by atoms with E-state index in [1.54, 1.807) is 29.2 Å². The molecule has 0 N–H and O–H groups in total. The van der Waals surface area contributed by atoms with Gasteiger partial charge in [-0.1, -0.05) is 11.6 Å². The van der Waals surface area contributed by atoms with Crippen LogP contribution < -0.4 is 4.57 Å². The zero-order valence-electron chi connectivity index (χ0n) is 13.4. The summed E-state index contributed by atoms with van der Waals surface area (Å²) in [6, 6.07) is 14.7. The van der Waals surface area contributed by atoms with Crippen LogP contribution in [-0.4, -0.2) is 15.7 Å². The molecule has 0 saturated carbocycles. The van der Waals surface area contributed by atoms with Crippen molar-refractivity contribution < 1.29 is 14.3 Å². The van der Waals surface area contributed by atoms with Gasteiger partial charge >= 0.3 is 0 Å². The number of rotatable bonds is 5. The molecule has 0 aliphatic heterocycles. The van der Waals surface area contributed by atoms with Crippen LogP contribution >= 0.6 is 28.6 Å². The summed E-state index contributed by atoms with van der Waals surface area (Å²) in [4.78, 5) is 26.7. The molecule has 0 unspecified atom stereocenters. The Bertz CT molecular complexity index is 914. The van der Waals surface area contributed by atoms with E-state index >= 15 is 0 Å². The molecule has 2 aromatic carbocycles. The lowest BCUT2D eigenvalue weighted by molar-refractivity contribution is -0.686. The Morgan fingerprint density at radius 1 is 1.08 bits per heavy atom. The van der Waals surface area contributed by atoms with Crippen molar-refractivity contribution in [3.63, 3.8) is 0 Å². The highest BCUT2D eigenvalue weighted by Crippen LogP contribution is 2.18. The molecule has 6 nitrogen and oxygen atoms in total. The van der Waals surface area contributed by atoms with Crippen molar-refractivity contribution in [2.24, 2.45) is 0 Å². The number of carbonyl (C=O) groups is 1. The predicted octanol–water partition coefficient (Wildman–Crippen LogP) is 4.06. The number of hydrogen-bond acceptors (Lipinski definition) is 4. The number of nitro benzene ring substituents is 1. The Morgan fingerprint density at radius 2 is 1.73 bits per heavy atom. The highest BCUT2D eigenvalue weighted by atomic mass is 79.9. The van der Waals surface area contributed by atoms with Crippen molar-refractivity contribution in [2.75, 3.05) is 0 Å². The second kappa shape index (κ2) is 8.64. The van der Waals surface area contributed by atoms with Crippen molar-refractivity contribution in [3.05, 3.63) is 87.8 Å². The van der Waals surface area contributed by atoms with Crippen LogP contribution in [0.1, 0.15) is 10.4 Å². The second-order valence-corrected chi connectivity index (χ2v) is 5.79. The average molecular weight is 436 g/mol. The minimum Gasteiger partial charge on any atom is -0.290 e. The molecule has 0 radical (unpaired) electrons. The molecule has 0 amide bonds. The van der Waals surface area contributed by atoms with Crippen LogP contribution in [0, 0.1) is 10.1 Å². The van der Waals surface area contributed by atoms with Crippen LogP contribution in [0.4, 0.5) is 5.69 Å². The summed E-state index contributed by atoms with van der Waals surface area (Å²) in [5.74, 6) is -0.152. The molecule has 0 bridgehead atoms. The van der Waals surface area contributed by atoms with Gasteiger partial charge in [-0.15, -0.1) is 17.0 Å². The van der Waals surface area contributed by atoms with E-state index in [4.69, 9.17) is 11.6 Å². The standard InChI is InChI=1S/C18H13ClN3O3.BrH/c19-15-5-1-13(2-6-15)17-9-10-21(12-20-17)11-18(23)14-3-7-16(8-4-14)22(24)25;/h1-10,12H,11H2;1H/q+1;. The van der Waals surface area contributed by atoms with Crippen molar-refractivity contribution in [1.29, 1.82) is 0 Å². The topological polar surface area (TPSA) is 77.0 Å². The van der Waals surface area contributed by atoms with Crippen molar-refractivity contribution in [1.82, 2.24) is 4.98 Å². The quantitative estimate of drug-likeness (QED) is 0.262. The van der Waals surface area contributed by atoms with Crippen LogP contribution in [0.5, 0.6) is 0 Å². The molecule has 26 heavy (non-hydrogen) atoms. The Labute approximate surface area is 165 Å². The smallest absolute Gasteiger partial charge is 0.287 e. The Balaban J connectivity index is 0.00000243. The fourth-order valence-corrected chi connectivity index (χ4v) is 2.42. The van der Waals surface area contributed by atoms with E-state index in [1.165, 1.54) is 24.3 Å². The van der Waals surface area contributed by atoms with Gasteiger partial charge < -0.3 is 0 Å². The SMILES string of the molecule is Br.O=C(C[n+]1ccc(-c2ccc(Cl)cc2)nc1)c1ccc([N+](=O)[O-])cc1. The first-order valence-corrected chi connectivity index (χ1v) is 7.79. The van der Waals surface area contributed by atoms with Crippen molar-refractivity contribution >= 4 is 40.1 Å². The van der Waals surface area contributed by atoms with Gasteiger partial charge in [0.2, 0.25) is 5.78 Å². The average Bonchev–Trinajstić information content (AvgIpc) is 2.63. The first-order chi connectivity index (χ1) is 12.0. The first-order valence-electron chi connectivity index (χ1n) is 7.41. The third-order valence-electron chi connectivity index (χ3n) is 3.64. The first kappa shape index (κ1) is 19.7. The number of nitrogens with zero attached hydrogens (tertiary/aromatic N) is 3. The van der Waals surface area contributed by atoms with Gasteiger partial charge in [-0.2, -0.15) is 0 Å². The summed E-state index contributed by atoms with van der Waals surface area (Å²) in [5, 5.41) is 11.3. The summed E-state index contributed by atoms with van der Waals surface area (Å²) in [6.45, 7) is 0.103. The Kier molecular flexibility index (Phi) is 6.54. The molecular formula is C18H14BrClN3O3+. The number of benzene rings is 2. The zero-order chi connectivity index (χ0) is 17.8. The van der Waals surface area contributed by atoms with E-state index in [0.29, 0.717) is 10.6 Å². The van der Waals surface area contributed by atoms with Gasteiger partial charge in [0.15, 0.2) is 12.2 Å². The van der Waals surface area contributed by atoms with Gasteiger partial charge in [0.25, 0.3) is 12.0 Å². The van der Waals surface area contributed by atoms with E-state index in [9.17, 15) is 14.9 Å². The lowest BCUT2D eigenvalue weighted by atomic mass is 10.1. The molecule has 1 heterocycles. The number of carbonyl (C=O) groups excluding carboxylic acids is 1. The summed E-state index contributed by atoms with van der Waals surface area (Å²) in [6.07, 6.45) is 3.34. The van der Waals surface area contributed by atoms with Crippen LogP contribution in [0.3, 0.4) is 0 Å². The van der Waals surface area contributed by atoms with Gasteiger partial charge in [-0.25, -0.2) is 4.57 Å². The van der Waals surface area contributed by atoms with Crippen LogP contribution in [0.15, 0.2) is 67.1 Å². The second-order valence-electron chi connectivity index (χ2n) is 5.35. The summed E-state index contributed by atoms with van der Waals surface area (Å²) >= 11 is 5.87. The van der Waals surface area contributed by atoms with Gasteiger partial charge in [-0.05, 0) is 41.4 Å². The number of nitro groups is 1. The fraction of sp³-hybridized carbons (Fsp3) is 0.0556. The van der Waals surface area contributed by atoms with Gasteiger partial charge in [-0.3, -0.25) is 14.9 Å². The number of Topliss-reactive ketones (excluding diaryl/α,β-unsaturated/α-hetero) is 1. The normalized spacial score (nSPS) is 10.0. The maximum Gasteiger partial charge on any atom is 0.287 e. The Morgan fingerprint density at radius 3 is 2.27 bits per heavy atom. The molecule has 0 aliphatic carbocycles. The monoisotopic (exact) mass is 434 g/mol. The van der Waals surface area contributed by atoms with Crippen LogP contribution in [0.25, 0.3) is 11.3 Å².